The number of rotatable bonds is 20. The van der Waals surface area contributed by atoms with Crippen LogP contribution in [0.4, 0.5) is 17.5 Å². The highest BCUT2D eigenvalue weighted by Crippen LogP contribution is 2.37. The lowest BCUT2D eigenvalue weighted by Gasteiger charge is -2.22. The molecular weight excluding hydrogens is 1580 g/mol. The molecule has 0 saturated carbocycles. The highest BCUT2D eigenvalue weighted by Gasteiger charge is 2.25. The third kappa shape index (κ3) is 17.7. The number of carbonyl (C=O) groups is 1. The number of thiocarbonyl (C=S) groups is 2. The van der Waals surface area contributed by atoms with Gasteiger partial charge in [-0.05, 0) is 190 Å². The van der Waals surface area contributed by atoms with Crippen LogP contribution in [0.15, 0.2) is 314 Å². The molecule has 18 aromatic rings. The van der Waals surface area contributed by atoms with Gasteiger partial charge < -0.3 is 26.8 Å². The molecule has 0 fully saturated rings. The number of anilines is 3. The number of nitrogens with zero attached hydrogens (tertiary/aromatic N) is 11. The van der Waals surface area contributed by atoms with E-state index in [0.717, 1.165) is 138 Å². The standard InChI is InChI=1S/2C31H23N5OS2.C30H25N5OS.C2H4O2/c1-20(35-30-29-27(13-14-33-30)39-19-34-29)26-16-23-9-6-12-25(22-8-5-7-21(15-22)17-32-18-38)28(23)31(37)36(26)24-10-3-2-4-11-24;1-20(35-30-29-27(14-15-33-30)39-19-34-29)26-16-23-6-5-9-25(22-12-10-21(11-13-22)17-32-18-38)28(23)31(37)36(26)24-7-3-2-4-8-24;1-19(34-29-28-26(14-15-32-29)37-18-33-28)25-16-22-6-5-9-24(21-12-10-20(17-31)11-13-21)27(22)30(36)35(25)23-7-3-2-4-8-23;1-2(3)4/h2*2-16,19-20H,17H2,1H3,(H,33,35);2-16,18-19H,17,31H2,1H3,(H,32,34);1H3,(H,3,4)/t2*20-;19-;/m000./s1. The summed E-state index contributed by atoms with van der Waals surface area (Å²) < 4.78 is 8.58. The predicted octanol–water partition coefficient (Wildman–Crippen LogP) is 21.3. The van der Waals surface area contributed by atoms with E-state index in [1.165, 1.54) is 0 Å². The van der Waals surface area contributed by atoms with Gasteiger partial charge in [0.2, 0.25) is 0 Å². The Hall–Kier alpha value is -13.8. The van der Waals surface area contributed by atoms with Gasteiger partial charge in [0.1, 0.15) is 16.6 Å². The first-order chi connectivity index (χ1) is 58.1. The highest BCUT2D eigenvalue weighted by molar-refractivity contribution is 7.78. The van der Waals surface area contributed by atoms with Crippen LogP contribution >= 0.6 is 58.4 Å². The topological polar surface area (TPSA) is 267 Å². The fraction of sp³-hybridized carbons (Fsp3) is 0.106. The van der Waals surface area contributed by atoms with Crippen LogP contribution in [0.5, 0.6) is 0 Å². The molecule has 0 saturated heterocycles. The number of para-hydroxylation sites is 3. The number of benzene rings is 9. The first-order valence-electron chi connectivity index (χ1n) is 38.0. The molecule has 9 aromatic heterocycles. The number of aliphatic carboxylic acids is 1. The summed E-state index contributed by atoms with van der Waals surface area (Å²) in [7, 11) is 0. The monoisotopic (exact) mass is 1650 g/mol. The molecule has 0 unspecified atom stereocenters. The summed E-state index contributed by atoms with van der Waals surface area (Å²) in [5.41, 5.74) is 27.1. The molecule has 119 heavy (non-hydrogen) atoms. The van der Waals surface area contributed by atoms with Crippen LogP contribution in [0.3, 0.4) is 0 Å². The Morgan fingerprint density at radius 3 is 1.08 bits per heavy atom. The van der Waals surface area contributed by atoms with E-state index in [2.05, 4.69) is 90.4 Å². The smallest absolute Gasteiger partial charge is 0.300 e. The number of pyridine rings is 6. The molecule has 0 bridgehead atoms. The van der Waals surface area contributed by atoms with E-state index in [1.54, 1.807) is 66.3 Å². The maximum Gasteiger partial charge on any atom is 0.300 e. The van der Waals surface area contributed by atoms with E-state index in [-0.39, 0.29) is 34.8 Å². The predicted molar refractivity (Wildman–Crippen MR) is 492 cm³/mol. The zero-order valence-corrected chi connectivity index (χ0v) is 68.8. The van der Waals surface area contributed by atoms with Gasteiger partial charge in [-0.25, -0.2) is 39.9 Å². The molecule has 0 aliphatic heterocycles. The van der Waals surface area contributed by atoms with Crippen LogP contribution in [-0.4, -0.2) is 65.0 Å². The Balaban J connectivity index is 0.000000136. The zero-order chi connectivity index (χ0) is 82.5. The van der Waals surface area contributed by atoms with Crippen molar-refractivity contribution in [2.75, 3.05) is 16.0 Å². The number of hydrogen-bond acceptors (Lipinski definition) is 21. The van der Waals surface area contributed by atoms with Gasteiger partial charge >= 0.3 is 0 Å². The van der Waals surface area contributed by atoms with E-state index in [4.69, 9.17) is 40.1 Å². The summed E-state index contributed by atoms with van der Waals surface area (Å²) in [5.74, 6) is 1.25. The van der Waals surface area contributed by atoms with Crippen molar-refractivity contribution in [1.82, 2.24) is 43.6 Å². The second-order valence-corrected chi connectivity index (χ2v) is 30.8. The van der Waals surface area contributed by atoms with Gasteiger partial charge in [0, 0.05) is 66.2 Å². The molecule has 0 amide bonds. The Bertz CT molecular complexity index is 7040. The van der Waals surface area contributed by atoms with Gasteiger partial charge in [0.25, 0.3) is 22.6 Å². The lowest BCUT2D eigenvalue weighted by Crippen LogP contribution is -2.26. The van der Waals surface area contributed by atoms with Gasteiger partial charge in [-0.15, -0.1) is 34.0 Å². The lowest BCUT2D eigenvalue weighted by atomic mass is 9.96. The molecule has 6 N–H and O–H groups in total. The Morgan fingerprint density at radius 2 is 0.739 bits per heavy atom. The molecule has 586 valence electrons. The molecule has 0 spiro atoms. The largest absolute Gasteiger partial charge is 0.481 e. The zero-order valence-electron chi connectivity index (χ0n) is 64.7. The summed E-state index contributed by atoms with van der Waals surface area (Å²) in [6, 6.07) is 82.9. The molecule has 20 nitrogen and oxygen atoms in total. The Kier molecular flexibility index (Phi) is 25.0. The van der Waals surface area contributed by atoms with Gasteiger partial charge in [-0.2, -0.15) is 0 Å². The van der Waals surface area contributed by atoms with Gasteiger partial charge in [-0.1, -0.05) is 176 Å². The number of nitrogens with two attached hydrogens (primary N) is 1. The molecule has 0 radical (unpaired) electrons. The number of fused-ring (bicyclic) bond motifs is 6. The van der Waals surface area contributed by atoms with Crippen LogP contribution in [-0.2, 0) is 24.4 Å². The second kappa shape index (κ2) is 37.0. The van der Waals surface area contributed by atoms with E-state index < -0.39 is 5.97 Å². The van der Waals surface area contributed by atoms with Crippen LogP contribution in [0.25, 0.3) is 113 Å². The molecule has 0 aliphatic carbocycles. The summed E-state index contributed by atoms with van der Waals surface area (Å²) >= 11 is 14.2. The summed E-state index contributed by atoms with van der Waals surface area (Å²) in [5, 5.41) is 27.4. The minimum atomic E-state index is -0.833. The van der Waals surface area contributed by atoms with Crippen LogP contribution in [0, 0.1) is 0 Å². The molecule has 18 rings (SSSR count). The van der Waals surface area contributed by atoms with Crippen molar-refractivity contribution >= 4 is 155 Å². The van der Waals surface area contributed by atoms with Crippen molar-refractivity contribution in [3.05, 3.63) is 355 Å². The number of thiazole rings is 3. The van der Waals surface area contributed by atoms with Crippen molar-refractivity contribution in [2.24, 2.45) is 15.7 Å². The minimum Gasteiger partial charge on any atom is -0.481 e. The average molecular weight is 1660 g/mol. The fourth-order valence-corrected chi connectivity index (χ4v) is 16.7. The van der Waals surface area contributed by atoms with Crippen molar-refractivity contribution in [3.63, 3.8) is 0 Å². The lowest BCUT2D eigenvalue weighted by molar-refractivity contribution is -0.134. The second-order valence-electron chi connectivity index (χ2n) is 27.8. The number of isothiocyanates is 2. The number of hydrogen-bond donors (Lipinski definition) is 5. The van der Waals surface area contributed by atoms with E-state index in [1.807, 2.05) is 268 Å². The molecule has 3 atom stereocenters. The maximum atomic E-state index is 14.4. The Morgan fingerprint density at radius 1 is 0.412 bits per heavy atom. The average Bonchev–Trinajstić information content (AvgIpc) is 1.75. The molecule has 25 heteroatoms. The molecule has 0 aliphatic rings. The Labute approximate surface area is 705 Å². The summed E-state index contributed by atoms with van der Waals surface area (Å²) in [6.45, 7) is 8.62. The maximum absolute atomic E-state index is 14.4. The number of carboxylic acids is 1. The molecule has 9 heterocycles. The van der Waals surface area contributed by atoms with Crippen LogP contribution in [0.2, 0.25) is 0 Å². The molecular formula is C94H75N15O5S5. The SMILES string of the molecule is CC(=O)O.C[C@H](Nc1nccc2scnc12)c1cc2cccc(-c3ccc(CN)cc3)c2c(=O)n1-c1ccccc1.C[C@H](Nc1nccc2scnc12)c1cc2cccc(-c3ccc(CN=C=S)cc3)c2c(=O)n1-c1ccccc1.C[C@H](Nc1nccc2scnc12)c1cc2cccc(-c3cccc(CN=C=S)c3)c2c(=O)n1-c1ccccc1. The van der Waals surface area contributed by atoms with Crippen molar-refractivity contribution < 1.29 is 9.90 Å². The van der Waals surface area contributed by atoms with Crippen molar-refractivity contribution in [1.29, 1.82) is 0 Å². The normalized spacial score (nSPS) is 11.7. The first-order valence-corrected chi connectivity index (χ1v) is 41.4. The number of aromatic nitrogens is 9. The van der Waals surface area contributed by atoms with E-state index >= 15 is 0 Å². The first kappa shape index (κ1) is 80.4. The van der Waals surface area contributed by atoms with Crippen LogP contribution in [0.1, 0.15) is 79.6 Å². The number of nitrogens with one attached hydrogen (secondary N) is 3. The third-order valence-electron chi connectivity index (χ3n) is 20.1. The summed E-state index contributed by atoms with van der Waals surface area (Å²) in [4.78, 5) is 87.2. The van der Waals surface area contributed by atoms with Crippen molar-refractivity contribution in [2.45, 2.75) is 65.5 Å². The van der Waals surface area contributed by atoms with Crippen molar-refractivity contribution in [3.8, 4) is 50.4 Å². The van der Waals surface area contributed by atoms with Crippen LogP contribution < -0.4 is 38.4 Å². The van der Waals surface area contributed by atoms with Gasteiger partial charge in [0.05, 0.1) is 88.3 Å². The fourth-order valence-electron chi connectivity index (χ4n) is 14.6. The summed E-state index contributed by atoms with van der Waals surface area (Å²) in [6.07, 6.45) is 5.33. The van der Waals surface area contributed by atoms with E-state index in [9.17, 15) is 14.4 Å². The highest BCUT2D eigenvalue weighted by atomic mass is 32.1. The van der Waals surface area contributed by atoms with E-state index in [0.29, 0.717) is 53.2 Å². The quantitative estimate of drug-likeness (QED) is 0.0351. The molecule has 9 aromatic carbocycles. The minimum absolute atomic E-state index is 0.0642. The number of carboxylic acid groups (broad SMARTS) is 1. The number of aliphatic imine (C=N–C) groups is 2. The van der Waals surface area contributed by atoms with Gasteiger partial charge in [-0.3, -0.25) is 32.9 Å². The van der Waals surface area contributed by atoms with Gasteiger partial charge in [0.15, 0.2) is 17.5 Å². The third-order valence-corrected chi connectivity index (χ3v) is 22.7.